The highest BCUT2D eigenvalue weighted by molar-refractivity contribution is 7.89. The maximum Gasteiger partial charge on any atom is 0.238 e. The van der Waals surface area contributed by atoms with Crippen LogP contribution in [-0.4, -0.2) is 15.0 Å². The fraction of sp³-hybridized carbons (Fsp3) is 0.188. The topological polar surface area (TPSA) is 87.2 Å². The fourth-order valence-electron chi connectivity index (χ4n) is 2.16. The standard InChI is InChI=1S/C16H17N3O2S/c17-10-5-11-19(15-7-2-1-3-8-15)13-14-6-4-9-16(12-14)22(18,20)21/h1-4,6-9,12H,5,11,13H2,(H2,18,20,21). The van der Waals surface area contributed by atoms with Crippen LogP contribution in [0.4, 0.5) is 5.69 Å². The van der Waals surface area contributed by atoms with Gasteiger partial charge in [0.05, 0.1) is 17.4 Å². The third-order valence-electron chi connectivity index (χ3n) is 3.22. The largest absolute Gasteiger partial charge is 0.366 e. The number of primary sulfonamides is 1. The van der Waals surface area contributed by atoms with Gasteiger partial charge >= 0.3 is 0 Å². The molecule has 0 aromatic heterocycles. The van der Waals surface area contributed by atoms with Gasteiger partial charge in [-0.1, -0.05) is 30.3 Å². The molecule has 0 fully saturated rings. The van der Waals surface area contributed by atoms with Crippen molar-refractivity contribution in [2.75, 3.05) is 11.4 Å². The Kier molecular flexibility index (Phi) is 5.15. The lowest BCUT2D eigenvalue weighted by atomic mass is 10.2. The highest BCUT2D eigenvalue weighted by atomic mass is 32.2. The number of para-hydroxylation sites is 1. The molecular formula is C16H17N3O2S. The molecule has 0 heterocycles. The summed E-state index contributed by atoms with van der Waals surface area (Å²) in [5, 5.41) is 14.0. The van der Waals surface area contributed by atoms with E-state index in [-0.39, 0.29) is 4.90 Å². The first-order valence-electron chi connectivity index (χ1n) is 6.79. The van der Waals surface area contributed by atoms with Crippen LogP contribution in [0.25, 0.3) is 0 Å². The molecule has 2 rings (SSSR count). The van der Waals surface area contributed by atoms with Crippen molar-refractivity contribution in [2.24, 2.45) is 5.14 Å². The van der Waals surface area contributed by atoms with Crippen LogP contribution in [0.15, 0.2) is 59.5 Å². The highest BCUT2D eigenvalue weighted by Gasteiger charge is 2.11. The van der Waals surface area contributed by atoms with Crippen LogP contribution in [-0.2, 0) is 16.6 Å². The predicted octanol–water partition coefficient (Wildman–Crippen LogP) is 2.25. The maximum atomic E-state index is 11.4. The fourth-order valence-corrected chi connectivity index (χ4v) is 2.75. The number of nitriles is 1. The van der Waals surface area contributed by atoms with E-state index in [2.05, 4.69) is 6.07 Å². The summed E-state index contributed by atoms with van der Waals surface area (Å²) in [7, 11) is -3.71. The minimum absolute atomic E-state index is 0.0956. The molecule has 0 aliphatic heterocycles. The van der Waals surface area contributed by atoms with Crippen LogP contribution in [0.2, 0.25) is 0 Å². The molecule has 0 unspecified atom stereocenters. The molecule has 2 N–H and O–H groups in total. The molecule has 0 saturated heterocycles. The van der Waals surface area contributed by atoms with Crippen LogP contribution in [0.3, 0.4) is 0 Å². The Labute approximate surface area is 130 Å². The van der Waals surface area contributed by atoms with Crippen molar-refractivity contribution in [1.29, 1.82) is 5.26 Å². The van der Waals surface area contributed by atoms with E-state index in [4.69, 9.17) is 10.4 Å². The lowest BCUT2D eigenvalue weighted by molar-refractivity contribution is 0.597. The first-order chi connectivity index (χ1) is 10.5. The Morgan fingerprint density at radius 1 is 1.09 bits per heavy atom. The second-order valence-electron chi connectivity index (χ2n) is 4.86. The SMILES string of the molecule is N#CCCN(Cc1cccc(S(N)(=O)=O)c1)c1ccccc1. The molecule has 0 aliphatic rings. The average molecular weight is 315 g/mol. The number of nitrogens with two attached hydrogens (primary N) is 1. The maximum absolute atomic E-state index is 11.4. The molecule has 0 bridgehead atoms. The first kappa shape index (κ1) is 16.0. The Balaban J connectivity index is 2.26. The Morgan fingerprint density at radius 2 is 1.82 bits per heavy atom. The highest BCUT2D eigenvalue weighted by Crippen LogP contribution is 2.18. The van der Waals surface area contributed by atoms with Gasteiger partial charge in [-0.15, -0.1) is 0 Å². The van der Waals surface area contributed by atoms with Crippen LogP contribution in [0.1, 0.15) is 12.0 Å². The van der Waals surface area contributed by atoms with Crippen molar-refractivity contribution < 1.29 is 8.42 Å². The molecule has 5 nitrogen and oxygen atoms in total. The number of sulfonamides is 1. The smallest absolute Gasteiger partial charge is 0.238 e. The molecule has 0 spiro atoms. The van der Waals surface area contributed by atoms with Crippen molar-refractivity contribution >= 4 is 15.7 Å². The van der Waals surface area contributed by atoms with Gasteiger partial charge in [0.25, 0.3) is 0 Å². The molecule has 0 saturated carbocycles. The van der Waals surface area contributed by atoms with Crippen LogP contribution in [0, 0.1) is 11.3 Å². The van der Waals surface area contributed by atoms with E-state index >= 15 is 0 Å². The summed E-state index contributed by atoms with van der Waals surface area (Å²) in [4.78, 5) is 2.13. The number of benzene rings is 2. The molecule has 0 atom stereocenters. The lowest BCUT2D eigenvalue weighted by Gasteiger charge is -2.24. The monoisotopic (exact) mass is 315 g/mol. The summed E-state index contributed by atoms with van der Waals surface area (Å²) in [6.07, 6.45) is 0.393. The summed E-state index contributed by atoms with van der Waals surface area (Å²) in [6.45, 7) is 1.08. The molecule has 0 amide bonds. The van der Waals surface area contributed by atoms with E-state index in [0.717, 1.165) is 11.3 Å². The van der Waals surface area contributed by atoms with Crippen molar-refractivity contribution in [2.45, 2.75) is 17.9 Å². The second kappa shape index (κ2) is 7.07. The molecule has 0 radical (unpaired) electrons. The third-order valence-corrected chi connectivity index (χ3v) is 4.13. The van der Waals surface area contributed by atoms with Gasteiger partial charge in [0, 0.05) is 18.8 Å². The van der Waals surface area contributed by atoms with E-state index < -0.39 is 10.0 Å². The molecule has 0 aliphatic carbocycles. The minimum atomic E-state index is -3.71. The number of hydrogen-bond acceptors (Lipinski definition) is 4. The molecular weight excluding hydrogens is 298 g/mol. The molecule has 2 aromatic carbocycles. The van der Waals surface area contributed by atoms with Crippen LogP contribution in [0.5, 0.6) is 0 Å². The zero-order chi connectivity index (χ0) is 16.0. The van der Waals surface area contributed by atoms with Crippen LogP contribution < -0.4 is 10.0 Å². The Morgan fingerprint density at radius 3 is 2.45 bits per heavy atom. The summed E-state index contributed by atoms with van der Waals surface area (Å²) in [5.74, 6) is 0. The van der Waals surface area contributed by atoms with E-state index in [0.29, 0.717) is 19.5 Å². The summed E-state index contributed by atoms with van der Waals surface area (Å²) in [5.41, 5.74) is 1.81. The van der Waals surface area contributed by atoms with Gasteiger partial charge in [0.15, 0.2) is 0 Å². The number of anilines is 1. The quantitative estimate of drug-likeness (QED) is 0.885. The first-order valence-corrected chi connectivity index (χ1v) is 8.34. The van der Waals surface area contributed by atoms with Crippen molar-refractivity contribution in [1.82, 2.24) is 0 Å². The van der Waals surface area contributed by atoms with Gasteiger partial charge in [0.1, 0.15) is 0 Å². The second-order valence-corrected chi connectivity index (χ2v) is 6.42. The van der Waals surface area contributed by atoms with Crippen molar-refractivity contribution in [3.05, 3.63) is 60.2 Å². The number of nitrogens with zero attached hydrogens (tertiary/aromatic N) is 2. The zero-order valence-corrected chi connectivity index (χ0v) is 12.8. The lowest BCUT2D eigenvalue weighted by Crippen LogP contribution is -2.24. The van der Waals surface area contributed by atoms with Gasteiger partial charge in [-0.2, -0.15) is 5.26 Å². The van der Waals surface area contributed by atoms with Gasteiger partial charge < -0.3 is 4.90 Å². The normalized spacial score (nSPS) is 10.9. The third kappa shape index (κ3) is 4.32. The zero-order valence-electron chi connectivity index (χ0n) is 12.0. The van der Waals surface area contributed by atoms with Gasteiger partial charge in [-0.05, 0) is 29.8 Å². The predicted molar refractivity (Wildman–Crippen MR) is 85.5 cm³/mol. The van der Waals surface area contributed by atoms with Crippen LogP contribution >= 0.6 is 0 Å². The average Bonchev–Trinajstić information content (AvgIpc) is 2.52. The van der Waals surface area contributed by atoms with E-state index in [1.54, 1.807) is 12.1 Å². The van der Waals surface area contributed by atoms with E-state index in [9.17, 15) is 8.42 Å². The minimum Gasteiger partial charge on any atom is -0.366 e. The Bertz CT molecular complexity index is 767. The number of hydrogen-bond donors (Lipinski definition) is 1. The van der Waals surface area contributed by atoms with Gasteiger partial charge in [0.2, 0.25) is 10.0 Å². The van der Waals surface area contributed by atoms with Crippen molar-refractivity contribution in [3.63, 3.8) is 0 Å². The Hall–Kier alpha value is -2.36. The molecule has 22 heavy (non-hydrogen) atoms. The van der Waals surface area contributed by atoms with E-state index in [1.165, 1.54) is 6.07 Å². The number of rotatable bonds is 6. The van der Waals surface area contributed by atoms with Gasteiger partial charge in [-0.3, -0.25) is 0 Å². The van der Waals surface area contributed by atoms with Crippen molar-refractivity contribution in [3.8, 4) is 6.07 Å². The molecule has 2 aromatic rings. The molecule has 114 valence electrons. The summed E-state index contributed by atoms with van der Waals surface area (Å²) >= 11 is 0. The summed E-state index contributed by atoms with van der Waals surface area (Å²) < 4.78 is 22.9. The molecule has 6 heteroatoms. The van der Waals surface area contributed by atoms with Gasteiger partial charge in [-0.25, -0.2) is 13.6 Å². The summed E-state index contributed by atoms with van der Waals surface area (Å²) in [6, 6.07) is 18.4. The van der Waals surface area contributed by atoms with E-state index in [1.807, 2.05) is 41.3 Å².